The quantitative estimate of drug-likeness (QED) is 0.858. The molecule has 1 aromatic rings. The zero-order chi connectivity index (χ0) is 12.5. The van der Waals surface area contributed by atoms with Crippen LogP contribution in [0.1, 0.15) is 26.7 Å². The third-order valence-corrected chi connectivity index (χ3v) is 3.37. The molecule has 0 radical (unpaired) electrons. The minimum atomic E-state index is -0.344. The number of aromatic nitrogens is 2. The third kappa shape index (κ3) is 2.65. The van der Waals surface area contributed by atoms with E-state index in [2.05, 4.69) is 29.1 Å². The van der Waals surface area contributed by atoms with E-state index in [9.17, 15) is 4.39 Å². The van der Waals surface area contributed by atoms with Crippen molar-refractivity contribution in [3.63, 3.8) is 0 Å². The van der Waals surface area contributed by atoms with Gasteiger partial charge in [0.15, 0.2) is 11.6 Å². The number of nitrogens with one attached hydrogen (secondary N) is 1. The summed E-state index contributed by atoms with van der Waals surface area (Å²) >= 11 is 0. The first-order valence-electron chi connectivity index (χ1n) is 5.97. The van der Waals surface area contributed by atoms with Crippen LogP contribution < -0.4 is 10.2 Å². The average Bonchev–Trinajstić information content (AvgIpc) is 2.30. The summed E-state index contributed by atoms with van der Waals surface area (Å²) in [5.41, 5.74) is 0.353. The molecule has 1 saturated heterocycles. The molecule has 17 heavy (non-hydrogen) atoms. The Labute approximate surface area is 101 Å². The SMILES string of the molecule is CNc1ncc(F)c(N2CCC(C)(C)CC2)n1. The van der Waals surface area contributed by atoms with Gasteiger partial charge in [0.05, 0.1) is 6.20 Å². The van der Waals surface area contributed by atoms with E-state index in [4.69, 9.17) is 0 Å². The maximum Gasteiger partial charge on any atom is 0.224 e. The molecule has 1 aliphatic heterocycles. The third-order valence-electron chi connectivity index (χ3n) is 3.37. The van der Waals surface area contributed by atoms with Gasteiger partial charge < -0.3 is 10.2 Å². The van der Waals surface area contributed by atoms with Crippen LogP contribution in [0.5, 0.6) is 0 Å². The minimum Gasteiger partial charge on any atom is -0.357 e. The number of halogens is 1. The Morgan fingerprint density at radius 2 is 2.00 bits per heavy atom. The second-order valence-corrected chi connectivity index (χ2v) is 5.27. The molecule has 0 aromatic carbocycles. The normalized spacial score (nSPS) is 19.2. The van der Waals surface area contributed by atoms with Crippen LogP contribution in [0.2, 0.25) is 0 Å². The van der Waals surface area contributed by atoms with Crippen molar-refractivity contribution in [3.8, 4) is 0 Å². The van der Waals surface area contributed by atoms with E-state index in [-0.39, 0.29) is 5.82 Å². The number of nitrogens with zero attached hydrogens (tertiary/aromatic N) is 3. The van der Waals surface area contributed by atoms with Crippen LogP contribution in [0.15, 0.2) is 6.20 Å². The van der Waals surface area contributed by atoms with Gasteiger partial charge in [-0.15, -0.1) is 0 Å². The van der Waals surface area contributed by atoms with Gasteiger partial charge in [-0.05, 0) is 18.3 Å². The number of piperidine rings is 1. The fourth-order valence-electron chi connectivity index (χ4n) is 2.02. The predicted octanol–water partition coefficient (Wildman–Crippen LogP) is 2.28. The fourth-order valence-corrected chi connectivity index (χ4v) is 2.02. The lowest BCUT2D eigenvalue weighted by Gasteiger charge is -2.37. The number of hydrogen-bond acceptors (Lipinski definition) is 4. The minimum absolute atomic E-state index is 0.344. The highest BCUT2D eigenvalue weighted by Crippen LogP contribution is 2.32. The van der Waals surface area contributed by atoms with E-state index in [0.717, 1.165) is 25.9 Å². The second kappa shape index (κ2) is 4.47. The number of hydrogen-bond donors (Lipinski definition) is 1. The Hall–Kier alpha value is -1.39. The summed E-state index contributed by atoms with van der Waals surface area (Å²) in [4.78, 5) is 10.1. The summed E-state index contributed by atoms with van der Waals surface area (Å²) in [6.45, 7) is 6.20. The first-order valence-corrected chi connectivity index (χ1v) is 5.97. The van der Waals surface area contributed by atoms with Crippen molar-refractivity contribution >= 4 is 11.8 Å². The van der Waals surface area contributed by atoms with Crippen LogP contribution in [0.4, 0.5) is 16.2 Å². The summed E-state index contributed by atoms with van der Waals surface area (Å²) in [5.74, 6) is 0.537. The Balaban J connectivity index is 2.17. The molecule has 0 amide bonds. The standard InChI is InChI=1S/C12H19FN4/c1-12(2)4-6-17(7-5-12)10-9(13)8-15-11(14-3)16-10/h8H,4-7H2,1-3H3,(H,14,15,16). The summed E-state index contributed by atoms with van der Waals surface area (Å²) in [6, 6.07) is 0. The second-order valence-electron chi connectivity index (χ2n) is 5.27. The zero-order valence-corrected chi connectivity index (χ0v) is 10.6. The molecule has 94 valence electrons. The molecule has 2 heterocycles. The Kier molecular flexibility index (Phi) is 3.17. The van der Waals surface area contributed by atoms with Gasteiger partial charge in [0.1, 0.15) is 0 Å². The lowest BCUT2D eigenvalue weighted by Crippen LogP contribution is -2.38. The van der Waals surface area contributed by atoms with Crippen LogP contribution in [0.25, 0.3) is 0 Å². The molecule has 2 rings (SSSR count). The van der Waals surface area contributed by atoms with Crippen molar-refractivity contribution in [2.75, 3.05) is 30.4 Å². The maximum absolute atomic E-state index is 13.7. The molecule has 0 atom stereocenters. The van der Waals surface area contributed by atoms with E-state index in [1.165, 1.54) is 6.20 Å². The lowest BCUT2D eigenvalue weighted by molar-refractivity contribution is 0.278. The number of rotatable bonds is 2. The Bertz CT molecular complexity index is 395. The lowest BCUT2D eigenvalue weighted by atomic mass is 9.83. The molecule has 0 aliphatic carbocycles. The molecular weight excluding hydrogens is 219 g/mol. The Morgan fingerprint density at radius 3 is 2.59 bits per heavy atom. The summed E-state index contributed by atoms with van der Waals surface area (Å²) in [6.07, 6.45) is 3.35. The molecule has 5 heteroatoms. The molecule has 0 spiro atoms. The topological polar surface area (TPSA) is 41.1 Å². The van der Waals surface area contributed by atoms with Gasteiger partial charge >= 0.3 is 0 Å². The largest absolute Gasteiger partial charge is 0.357 e. The highest BCUT2D eigenvalue weighted by molar-refractivity contribution is 5.44. The number of anilines is 2. The molecule has 0 saturated carbocycles. The van der Waals surface area contributed by atoms with Crippen molar-refractivity contribution in [3.05, 3.63) is 12.0 Å². The highest BCUT2D eigenvalue weighted by Gasteiger charge is 2.27. The zero-order valence-electron chi connectivity index (χ0n) is 10.6. The van der Waals surface area contributed by atoms with Gasteiger partial charge in [-0.1, -0.05) is 13.8 Å². The van der Waals surface area contributed by atoms with Crippen LogP contribution in [-0.2, 0) is 0 Å². The van der Waals surface area contributed by atoms with Crippen LogP contribution in [0, 0.1) is 11.2 Å². The van der Waals surface area contributed by atoms with Gasteiger partial charge in [-0.25, -0.2) is 9.37 Å². The van der Waals surface area contributed by atoms with Crippen molar-refractivity contribution in [2.45, 2.75) is 26.7 Å². The molecule has 0 bridgehead atoms. The molecule has 0 unspecified atom stereocenters. The molecular formula is C12H19FN4. The summed E-state index contributed by atoms with van der Waals surface area (Å²) in [7, 11) is 1.73. The van der Waals surface area contributed by atoms with E-state index in [1.54, 1.807) is 7.05 Å². The van der Waals surface area contributed by atoms with Gasteiger partial charge in [0, 0.05) is 20.1 Å². The van der Waals surface area contributed by atoms with Gasteiger partial charge in [0.2, 0.25) is 5.95 Å². The summed E-state index contributed by atoms with van der Waals surface area (Å²) < 4.78 is 13.7. The van der Waals surface area contributed by atoms with Crippen molar-refractivity contribution in [1.82, 2.24) is 9.97 Å². The van der Waals surface area contributed by atoms with E-state index >= 15 is 0 Å². The van der Waals surface area contributed by atoms with Crippen LogP contribution in [-0.4, -0.2) is 30.1 Å². The first-order chi connectivity index (χ1) is 8.02. The summed E-state index contributed by atoms with van der Waals surface area (Å²) in [5, 5.41) is 2.83. The van der Waals surface area contributed by atoms with Crippen LogP contribution >= 0.6 is 0 Å². The molecule has 4 nitrogen and oxygen atoms in total. The maximum atomic E-state index is 13.7. The monoisotopic (exact) mass is 238 g/mol. The van der Waals surface area contributed by atoms with Crippen molar-refractivity contribution in [2.24, 2.45) is 5.41 Å². The van der Waals surface area contributed by atoms with E-state index < -0.39 is 0 Å². The van der Waals surface area contributed by atoms with Crippen LogP contribution in [0.3, 0.4) is 0 Å². The molecule has 1 aromatic heterocycles. The molecule has 1 fully saturated rings. The van der Waals surface area contributed by atoms with Crippen molar-refractivity contribution < 1.29 is 4.39 Å². The van der Waals surface area contributed by atoms with Gasteiger partial charge in [0.25, 0.3) is 0 Å². The van der Waals surface area contributed by atoms with Gasteiger partial charge in [-0.3, -0.25) is 0 Å². The first kappa shape index (κ1) is 12.1. The molecule has 1 N–H and O–H groups in total. The Morgan fingerprint density at radius 1 is 1.35 bits per heavy atom. The van der Waals surface area contributed by atoms with Gasteiger partial charge in [-0.2, -0.15) is 4.98 Å². The van der Waals surface area contributed by atoms with Crippen molar-refractivity contribution in [1.29, 1.82) is 0 Å². The fraction of sp³-hybridized carbons (Fsp3) is 0.667. The van der Waals surface area contributed by atoms with E-state index in [1.807, 2.05) is 4.90 Å². The smallest absolute Gasteiger partial charge is 0.224 e. The van der Waals surface area contributed by atoms with E-state index in [0.29, 0.717) is 17.2 Å². The predicted molar refractivity (Wildman–Crippen MR) is 66.8 cm³/mol. The average molecular weight is 238 g/mol. The molecule has 1 aliphatic rings. The highest BCUT2D eigenvalue weighted by atomic mass is 19.1.